The third-order valence-electron chi connectivity index (χ3n) is 4.82. The highest BCUT2D eigenvalue weighted by Crippen LogP contribution is 2.32. The molecule has 0 atom stereocenters. The average molecular weight is 558 g/mol. The van der Waals surface area contributed by atoms with Crippen LogP contribution in [0.2, 0.25) is 5.02 Å². The number of hydrogen-bond donors (Lipinski definition) is 1. The van der Waals surface area contributed by atoms with Gasteiger partial charge in [-0.3, -0.25) is 19.3 Å². The van der Waals surface area contributed by atoms with E-state index in [2.05, 4.69) is 21.2 Å². The van der Waals surface area contributed by atoms with Crippen molar-refractivity contribution in [1.29, 1.82) is 0 Å². The van der Waals surface area contributed by atoms with Crippen LogP contribution in [0, 0.1) is 0 Å². The molecule has 3 aromatic carbocycles. The van der Waals surface area contributed by atoms with Gasteiger partial charge >= 0.3 is 0 Å². The fraction of sp³-hybridized carbons (Fsp3) is 0.0800. The molecule has 0 bridgehead atoms. The first-order chi connectivity index (χ1) is 16.4. The van der Waals surface area contributed by atoms with Crippen LogP contribution in [0.4, 0.5) is 10.5 Å². The molecular weight excluding hydrogens is 540 g/mol. The molecule has 3 amide bonds. The van der Waals surface area contributed by atoms with E-state index in [-0.39, 0.29) is 4.91 Å². The standard InChI is InChI=1S/C25H18BrClN2O4S/c26-18-9-5-17(6-10-18)15-33-19-11-7-16(8-12-19)13-22-24(31)29(25(32)34-22)14-23(30)28-21-4-2-1-3-20(21)27/h1-13H,14-15H2,(H,28,30)/b22-13+. The zero-order valence-corrected chi connectivity index (χ0v) is 20.8. The number of nitrogens with one attached hydrogen (secondary N) is 1. The highest BCUT2D eigenvalue weighted by molar-refractivity contribution is 9.10. The van der Waals surface area contributed by atoms with Gasteiger partial charge in [0, 0.05) is 4.47 Å². The first kappa shape index (κ1) is 24.1. The van der Waals surface area contributed by atoms with Crippen molar-refractivity contribution in [3.63, 3.8) is 0 Å². The number of carbonyl (C=O) groups is 3. The maximum Gasteiger partial charge on any atom is 0.294 e. The fourth-order valence-electron chi connectivity index (χ4n) is 3.09. The van der Waals surface area contributed by atoms with Crippen LogP contribution in [0.1, 0.15) is 11.1 Å². The largest absolute Gasteiger partial charge is 0.489 e. The molecule has 0 unspecified atom stereocenters. The number of rotatable bonds is 7. The van der Waals surface area contributed by atoms with Crippen LogP contribution < -0.4 is 10.1 Å². The average Bonchev–Trinajstić information content (AvgIpc) is 3.08. The molecular formula is C25H18BrClN2O4S. The number of thioether (sulfide) groups is 1. The van der Waals surface area contributed by atoms with Crippen LogP contribution in [-0.4, -0.2) is 28.5 Å². The quantitative estimate of drug-likeness (QED) is 0.342. The molecule has 9 heteroatoms. The van der Waals surface area contributed by atoms with Gasteiger partial charge < -0.3 is 10.1 Å². The summed E-state index contributed by atoms with van der Waals surface area (Å²) in [5.41, 5.74) is 2.20. The Balaban J connectivity index is 1.36. The number of amides is 3. The van der Waals surface area contributed by atoms with Gasteiger partial charge in [0.05, 0.1) is 15.6 Å². The van der Waals surface area contributed by atoms with Gasteiger partial charge in [-0.1, -0.05) is 63.9 Å². The Morgan fingerprint density at radius 1 is 1.03 bits per heavy atom. The van der Waals surface area contributed by atoms with E-state index in [0.717, 1.165) is 32.3 Å². The Hall–Kier alpha value is -3.07. The molecule has 6 nitrogen and oxygen atoms in total. The van der Waals surface area contributed by atoms with Crippen molar-refractivity contribution >= 4 is 68.1 Å². The van der Waals surface area contributed by atoms with Gasteiger partial charge in [0.2, 0.25) is 5.91 Å². The van der Waals surface area contributed by atoms with E-state index >= 15 is 0 Å². The molecule has 4 rings (SSSR count). The summed E-state index contributed by atoms with van der Waals surface area (Å²) in [6, 6.07) is 21.8. The second-order valence-corrected chi connectivity index (χ2v) is 9.60. The summed E-state index contributed by atoms with van der Waals surface area (Å²) in [5, 5.41) is 2.48. The zero-order chi connectivity index (χ0) is 24.1. The predicted molar refractivity (Wildman–Crippen MR) is 138 cm³/mol. The summed E-state index contributed by atoms with van der Waals surface area (Å²) in [6.07, 6.45) is 1.62. The van der Waals surface area contributed by atoms with Crippen LogP contribution >= 0.6 is 39.3 Å². The Labute approximate surface area is 214 Å². The number of ether oxygens (including phenoxy) is 1. The molecule has 0 spiro atoms. The molecule has 172 valence electrons. The molecule has 1 aliphatic rings. The minimum atomic E-state index is -0.514. The molecule has 0 saturated carbocycles. The lowest BCUT2D eigenvalue weighted by molar-refractivity contribution is -0.127. The molecule has 1 N–H and O–H groups in total. The van der Waals surface area contributed by atoms with E-state index in [1.165, 1.54) is 0 Å². The van der Waals surface area contributed by atoms with Crippen molar-refractivity contribution in [1.82, 2.24) is 4.90 Å². The van der Waals surface area contributed by atoms with Crippen molar-refractivity contribution in [2.75, 3.05) is 11.9 Å². The van der Waals surface area contributed by atoms with Gasteiger partial charge in [-0.15, -0.1) is 0 Å². The maximum absolute atomic E-state index is 12.7. The third-order valence-corrected chi connectivity index (χ3v) is 6.59. The Bertz CT molecular complexity index is 1260. The number of nitrogens with zero attached hydrogens (tertiary/aromatic N) is 1. The zero-order valence-electron chi connectivity index (χ0n) is 17.7. The summed E-state index contributed by atoms with van der Waals surface area (Å²) in [7, 11) is 0. The normalized spacial score (nSPS) is 14.5. The highest BCUT2D eigenvalue weighted by Gasteiger charge is 2.36. The number of imide groups is 1. The summed E-state index contributed by atoms with van der Waals surface area (Å²) in [4.78, 5) is 38.5. The van der Waals surface area contributed by atoms with E-state index in [1.54, 1.807) is 54.6 Å². The van der Waals surface area contributed by atoms with E-state index in [4.69, 9.17) is 16.3 Å². The summed E-state index contributed by atoms with van der Waals surface area (Å²) in [6.45, 7) is 0.0395. The molecule has 1 aliphatic heterocycles. The fourth-order valence-corrected chi connectivity index (χ4v) is 4.38. The van der Waals surface area contributed by atoms with Gasteiger partial charge in [0.25, 0.3) is 11.1 Å². The summed E-state index contributed by atoms with van der Waals surface area (Å²) >= 11 is 10.2. The smallest absolute Gasteiger partial charge is 0.294 e. The number of carbonyl (C=O) groups excluding carboxylic acids is 3. The van der Waals surface area contributed by atoms with Crippen molar-refractivity contribution in [3.8, 4) is 5.75 Å². The number of halogens is 2. The van der Waals surface area contributed by atoms with Crippen LogP contribution in [0.15, 0.2) is 82.2 Å². The van der Waals surface area contributed by atoms with Crippen molar-refractivity contribution in [2.45, 2.75) is 6.61 Å². The minimum absolute atomic E-state index is 0.249. The number of hydrogen-bond acceptors (Lipinski definition) is 5. The molecule has 0 aromatic heterocycles. The van der Waals surface area contributed by atoms with Gasteiger partial charge in [-0.2, -0.15) is 0 Å². The second-order valence-electron chi connectivity index (χ2n) is 7.28. The Kier molecular flexibility index (Phi) is 7.72. The molecule has 1 saturated heterocycles. The van der Waals surface area contributed by atoms with Gasteiger partial charge in [0.15, 0.2) is 0 Å². The third kappa shape index (κ3) is 6.08. The number of benzene rings is 3. The lowest BCUT2D eigenvalue weighted by Crippen LogP contribution is -2.36. The van der Waals surface area contributed by atoms with E-state index in [0.29, 0.717) is 23.1 Å². The lowest BCUT2D eigenvalue weighted by atomic mass is 10.2. The number of para-hydroxylation sites is 1. The first-order valence-corrected chi connectivity index (χ1v) is 12.1. The van der Waals surface area contributed by atoms with Crippen LogP contribution in [0.3, 0.4) is 0 Å². The second kappa shape index (κ2) is 10.9. The van der Waals surface area contributed by atoms with Crippen LogP contribution in [0.25, 0.3) is 6.08 Å². The first-order valence-electron chi connectivity index (χ1n) is 10.2. The van der Waals surface area contributed by atoms with Gasteiger partial charge in [-0.25, -0.2) is 0 Å². The van der Waals surface area contributed by atoms with Crippen LogP contribution in [-0.2, 0) is 16.2 Å². The Morgan fingerprint density at radius 3 is 2.44 bits per heavy atom. The monoisotopic (exact) mass is 556 g/mol. The summed E-state index contributed by atoms with van der Waals surface area (Å²) in [5.74, 6) is -0.340. The maximum atomic E-state index is 12.7. The van der Waals surface area contributed by atoms with Crippen molar-refractivity contribution in [2.24, 2.45) is 0 Å². The molecule has 1 fully saturated rings. The summed E-state index contributed by atoms with van der Waals surface area (Å²) < 4.78 is 6.79. The minimum Gasteiger partial charge on any atom is -0.489 e. The van der Waals surface area contributed by atoms with Crippen LogP contribution in [0.5, 0.6) is 5.75 Å². The SMILES string of the molecule is O=C(CN1C(=O)S/C(=C/c2ccc(OCc3ccc(Br)cc3)cc2)C1=O)Nc1ccccc1Cl. The van der Waals surface area contributed by atoms with Crippen molar-refractivity contribution < 1.29 is 19.1 Å². The lowest BCUT2D eigenvalue weighted by Gasteiger charge is -2.13. The van der Waals surface area contributed by atoms with E-state index in [1.807, 2.05) is 24.3 Å². The number of anilines is 1. The van der Waals surface area contributed by atoms with Gasteiger partial charge in [-0.05, 0) is 65.4 Å². The van der Waals surface area contributed by atoms with E-state index in [9.17, 15) is 14.4 Å². The molecule has 3 aromatic rings. The van der Waals surface area contributed by atoms with Crippen molar-refractivity contribution in [3.05, 3.63) is 98.3 Å². The Morgan fingerprint density at radius 2 is 1.74 bits per heavy atom. The topological polar surface area (TPSA) is 75.7 Å². The molecule has 1 heterocycles. The van der Waals surface area contributed by atoms with Gasteiger partial charge in [0.1, 0.15) is 18.9 Å². The highest BCUT2D eigenvalue weighted by atomic mass is 79.9. The molecule has 0 aliphatic carbocycles. The predicted octanol–water partition coefficient (Wildman–Crippen LogP) is 6.36. The molecule has 34 heavy (non-hydrogen) atoms. The molecule has 0 radical (unpaired) electrons. The van der Waals surface area contributed by atoms with E-state index < -0.39 is 23.6 Å².